The van der Waals surface area contributed by atoms with E-state index in [9.17, 15) is 9.90 Å². The maximum absolute atomic E-state index is 12.4. The Balaban J connectivity index is 0.00000523. The summed E-state index contributed by atoms with van der Waals surface area (Å²) in [5.41, 5.74) is 6.19. The Bertz CT molecular complexity index is 1940. The monoisotopic (exact) mass is 701 g/mol. The van der Waals surface area contributed by atoms with E-state index in [2.05, 4.69) is 104 Å². The van der Waals surface area contributed by atoms with Gasteiger partial charge in [0, 0.05) is 75.3 Å². The first-order valence-corrected chi connectivity index (χ1v) is 18.3. The summed E-state index contributed by atoms with van der Waals surface area (Å²) >= 11 is 0. The number of ether oxygens (including phenoxy) is 1. The molecule has 1 amide bonds. The molecule has 8 heteroatoms. The molecule has 6 rings (SSSR count). The van der Waals surface area contributed by atoms with Crippen LogP contribution in [0.25, 0.3) is 33.8 Å². The van der Waals surface area contributed by atoms with Gasteiger partial charge in [0.1, 0.15) is 25.0 Å². The zero-order valence-electron chi connectivity index (χ0n) is 31.1. The highest BCUT2D eigenvalue weighted by Crippen LogP contribution is 2.29. The molecule has 4 aromatic carbocycles. The largest absolute Gasteiger partial charge is 0.490 e. The molecular formula is C44H55N5O3. The van der Waals surface area contributed by atoms with Crippen LogP contribution in [0.2, 0.25) is 0 Å². The van der Waals surface area contributed by atoms with E-state index in [0.29, 0.717) is 19.5 Å². The van der Waals surface area contributed by atoms with Crippen molar-refractivity contribution in [1.82, 2.24) is 15.5 Å². The summed E-state index contributed by atoms with van der Waals surface area (Å²) in [6.07, 6.45) is 9.63. The van der Waals surface area contributed by atoms with Crippen LogP contribution in [-0.2, 0) is 17.8 Å². The molecule has 0 saturated heterocycles. The summed E-state index contributed by atoms with van der Waals surface area (Å²) in [7, 11) is 4.03. The van der Waals surface area contributed by atoms with Crippen LogP contribution in [0, 0.1) is 7.43 Å². The van der Waals surface area contributed by atoms with Crippen molar-refractivity contribution in [3.63, 3.8) is 0 Å². The van der Waals surface area contributed by atoms with E-state index < -0.39 is 6.10 Å². The van der Waals surface area contributed by atoms with Gasteiger partial charge in [-0.05, 0) is 73.3 Å². The first kappa shape index (κ1) is 38.5. The lowest BCUT2D eigenvalue weighted by Crippen LogP contribution is -2.37. The number of aryl methyl sites for hydroxylation is 2. The highest BCUT2D eigenvalue weighted by molar-refractivity contribution is 5.89. The number of rotatable bonds is 17. The number of hydrogen-bond acceptors (Lipinski definition) is 6. The highest BCUT2D eigenvalue weighted by Gasteiger charge is 2.18. The number of para-hydroxylation sites is 1. The van der Waals surface area contributed by atoms with Gasteiger partial charge in [-0.25, -0.2) is 0 Å². The first-order valence-electron chi connectivity index (χ1n) is 18.3. The number of fused-ring (bicyclic) bond motifs is 3. The van der Waals surface area contributed by atoms with Gasteiger partial charge in [0.05, 0.1) is 5.39 Å². The number of amides is 1. The molecule has 2 heterocycles. The van der Waals surface area contributed by atoms with Crippen molar-refractivity contribution in [3.8, 4) is 5.75 Å². The number of aliphatic hydroxyl groups is 1. The summed E-state index contributed by atoms with van der Waals surface area (Å²) in [5, 5.41) is 20.4. The van der Waals surface area contributed by atoms with Gasteiger partial charge >= 0.3 is 0 Å². The molecule has 1 unspecified atom stereocenters. The van der Waals surface area contributed by atoms with Crippen molar-refractivity contribution in [1.29, 1.82) is 0 Å². The van der Waals surface area contributed by atoms with Crippen molar-refractivity contribution < 1.29 is 19.2 Å². The van der Waals surface area contributed by atoms with Gasteiger partial charge in [-0.2, -0.15) is 4.57 Å². The Hall–Kier alpha value is -4.76. The fourth-order valence-electron chi connectivity index (χ4n) is 6.82. The number of hydrogen-bond donors (Lipinski definition) is 3. The third-order valence-corrected chi connectivity index (χ3v) is 9.54. The molecule has 1 aromatic heterocycles. The summed E-state index contributed by atoms with van der Waals surface area (Å²) in [6, 6.07) is 31.6. The number of carbonyl (C=O) groups is 1. The highest BCUT2D eigenvalue weighted by atomic mass is 16.5. The quantitative estimate of drug-likeness (QED) is 0.0615. The number of likely N-dealkylation sites (N-methyl/N-ethyl adjacent to an activating group) is 1. The van der Waals surface area contributed by atoms with Crippen LogP contribution in [0.3, 0.4) is 0 Å². The number of aliphatic hydroxyl groups excluding tert-OH is 1. The van der Waals surface area contributed by atoms with Crippen molar-refractivity contribution in [2.45, 2.75) is 38.3 Å². The predicted octanol–water partition coefficient (Wildman–Crippen LogP) is 6.14. The van der Waals surface area contributed by atoms with Crippen molar-refractivity contribution >= 4 is 45.4 Å². The molecule has 0 spiro atoms. The van der Waals surface area contributed by atoms with Crippen LogP contribution < -0.4 is 24.8 Å². The molecule has 8 nitrogen and oxygen atoms in total. The van der Waals surface area contributed by atoms with E-state index >= 15 is 0 Å². The number of benzene rings is 4. The van der Waals surface area contributed by atoms with Crippen LogP contribution in [0.15, 0.2) is 97.2 Å². The van der Waals surface area contributed by atoms with Gasteiger partial charge < -0.3 is 37.7 Å². The SMILES string of the molecule is CN(C)CCNC(=O)CCN1CCCc2cc(C=Cc3cc[n+](CCCNCC(O)COc4cccc5ccccc45)c4ccccc34)ccc21.[CH3-]. The fourth-order valence-corrected chi connectivity index (χ4v) is 6.82. The van der Waals surface area contributed by atoms with E-state index in [-0.39, 0.29) is 19.9 Å². The van der Waals surface area contributed by atoms with E-state index in [1.54, 1.807) is 0 Å². The summed E-state index contributed by atoms with van der Waals surface area (Å²) in [4.78, 5) is 16.8. The molecule has 0 bridgehead atoms. The summed E-state index contributed by atoms with van der Waals surface area (Å²) < 4.78 is 8.27. The average molecular weight is 702 g/mol. The number of aromatic nitrogens is 1. The molecular weight excluding hydrogens is 647 g/mol. The number of nitrogens with one attached hydrogen (secondary N) is 2. The molecule has 1 aliphatic heterocycles. The first-order chi connectivity index (χ1) is 24.9. The van der Waals surface area contributed by atoms with E-state index in [0.717, 1.165) is 68.5 Å². The minimum atomic E-state index is -0.589. The fraction of sp³-hybridized carbons (Fsp3) is 0.341. The lowest BCUT2D eigenvalue weighted by Gasteiger charge is -2.31. The van der Waals surface area contributed by atoms with E-state index in [1.165, 1.54) is 33.3 Å². The molecule has 0 fully saturated rings. The van der Waals surface area contributed by atoms with Crippen LogP contribution in [0.5, 0.6) is 5.75 Å². The van der Waals surface area contributed by atoms with Crippen LogP contribution in [0.4, 0.5) is 5.69 Å². The normalized spacial score (nSPS) is 13.3. The van der Waals surface area contributed by atoms with Crippen molar-refractivity contribution in [3.05, 3.63) is 121 Å². The van der Waals surface area contributed by atoms with Crippen LogP contribution >= 0.6 is 0 Å². The Kier molecular flexibility index (Phi) is 14.2. The molecule has 0 saturated carbocycles. The topological polar surface area (TPSA) is 81.0 Å². The Labute approximate surface area is 309 Å². The van der Waals surface area contributed by atoms with E-state index in [4.69, 9.17) is 4.74 Å². The molecule has 52 heavy (non-hydrogen) atoms. The Morgan fingerprint density at radius 2 is 1.79 bits per heavy atom. The zero-order valence-corrected chi connectivity index (χ0v) is 31.1. The number of anilines is 1. The van der Waals surface area contributed by atoms with Gasteiger partial charge in [0.2, 0.25) is 11.4 Å². The Morgan fingerprint density at radius 1 is 0.981 bits per heavy atom. The lowest BCUT2D eigenvalue weighted by atomic mass is 9.98. The van der Waals surface area contributed by atoms with Gasteiger partial charge in [0.25, 0.3) is 0 Å². The third kappa shape index (κ3) is 10.4. The maximum Gasteiger partial charge on any atom is 0.221 e. The second-order valence-corrected chi connectivity index (χ2v) is 13.7. The molecule has 3 N–H and O–H groups in total. The second-order valence-electron chi connectivity index (χ2n) is 13.7. The number of carbonyl (C=O) groups excluding carboxylic acids is 1. The minimum absolute atomic E-state index is 0. The Morgan fingerprint density at radius 3 is 2.65 bits per heavy atom. The average Bonchev–Trinajstić information content (AvgIpc) is 3.15. The van der Waals surface area contributed by atoms with Crippen LogP contribution in [0.1, 0.15) is 36.0 Å². The predicted molar refractivity (Wildman–Crippen MR) is 216 cm³/mol. The zero-order chi connectivity index (χ0) is 35.4. The standard InChI is InChI=1S/C43H51N5O3.CH3/c1-46(2)29-24-45-43(50)22-28-47-25-8-12-36-30-33(18-20-40(36)47)17-19-35-21-27-48(41-15-6-5-13-38(35)41)26-9-23-44-31-37(49)32-51-42-16-7-11-34-10-3-4-14-39(34)42;/h3-7,10-11,13-21,27,30,37,44,49H,8-9,12,22-26,28-29,31-32H2,1-2H3;1H3/q;-1/p+1. The minimum Gasteiger partial charge on any atom is -0.490 e. The van der Waals surface area contributed by atoms with E-state index in [1.807, 2.05) is 44.4 Å². The van der Waals surface area contributed by atoms with Crippen molar-refractivity contribution in [2.24, 2.45) is 0 Å². The summed E-state index contributed by atoms with van der Waals surface area (Å²) in [6.45, 7) is 5.67. The molecule has 0 radical (unpaired) electrons. The number of nitrogens with zero attached hydrogens (tertiary/aromatic N) is 3. The second kappa shape index (κ2) is 19.2. The van der Waals surface area contributed by atoms with Gasteiger partial charge in [-0.1, -0.05) is 66.7 Å². The van der Waals surface area contributed by atoms with Gasteiger partial charge in [-0.3, -0.25) is 4.79 Å². The molecule has 274 valence electrons. The summed E-state index contributed by atoms with van der Waals surface area (Å²) in [5.74, 6) is 0.916. The van der Waals surface area contributed by atoms with Gasteiger partial charge in [0.15, 0.2) is 6.20 Å². The van der Waals surface area contributed by atoms with Crippen molar-refractivity contribution in [2.75, 3.05) is 64.9 Å². The molecule has 0 aliphatic carbocycles. The molecule has 1 atom stereocenters. The van der Waals surface area contributed by atoms with Crippen LogP contribution in [-0.4, -0.2) is 82.0 Å². The lowest BCUT2D eigenvalue weighted by molar-refractivity contribution is -0.671. The smallest absolute Gasteiger partial charge is 0.221 e. The van der Waals surface area contributed by atoms with Gasteiger partial charge in [-0.15, -0.1) is 0 Å². The maximum atomic E-state index is 12.4. The number of pyridine rings is 1. The molecule has 1 aliphatic rings. The molecule has 5 aromatic rings. The third-order valence-electron chi connectivity index (χ3n) is 9.54.